The second-order valence-electron chi connectivity index (χ2n) is 4.58. The Morgan fingerprint density at radius 1 is 1.48 bits per heavy atom. The van der Waals surface area contributed by atoms with Crippen molar-refractivity contribution in [1.29, 1.82) is 0 Å². The van der Waals surface area contributed by atoms with Crippen LogP contribution < -0.4 is 11.1 Å². The zero-order valence-corrected chi connectivity index (χ0v) is 12.0. The summed E-state index contributed by atoms with van der Waals surface area (Å²) in [7, 11) is 0. The Balaban J connectivity index is 2.05. The van der Waals surface area contributed by atoms with Crippen LogP contribution in [0, 0.1) is 18.8 Å². The summed E-state index contributed by atoms with van der Waals surface area (Å²) in [4.78, 5) is 12.3. The number of hydrogen-bond donors (Lipinski definition) is 2. The minimum absolute atomic E-state index is 0.132. The third-order valence-electron chi connectivity index (χ3n) is 2.93. The number of aromatic nitrogens is 2. The summed E-state index contributed by atoms with van der Waals surface area (Å²) in [6, 6.07) is 7.47. The summed E-state index contributed by atoms with van der Waals surface area (Å²) < 4.78 is 1.77. The molecule has 2 rings (SSSR count). The van der Waals surface area contributed by atoms with Gasteiger partial charge in [-0.25, -0.2) is 0 Å². The summed E-state index contributed by atoms with van der Waals surface area (Å²) in [5, 5.41) is 6.97. The smallest absolute Gasteiger partial charge is 0.252 e. The van der Waals surface area contributed by atoms with Crippen LogP contribution in [0.5, 0.6) is 0 Å². The first-order valence-corrected chi connectivity index (χ1v) is 6.76. The summed E-state index contributed by atoms with van der Waals surface area (Å²) >= 11 is 0. The zero-order valence-electron chi connectivity index (χ0n) is 12.0. The average Bonchev–Trinajstić information content (AvgIpc) is 2.99. The van der Waals surface area contributed by atoms with Crippen LogP contribution in [0.25, 0.3) is 0 Å². The molecule has 0 bridgehead atoms. The number of nitrogens with one attached hydrogen (secondary N) is 1. The number of carbonyl (C=O) groups is 1. The maximum absolute atomic E-state index is 12.3. The average molecular weight is 282 g/mol. The highest BCUT2D eigenvalue weighted by atomic mass is 16.1. The SMILES string of the molecule is Cc1ccc(C#CCN)c(C(=O)NCCn2cccn2)c1. The van der Waals surface area contributed by atoms with E-state index < -0.39 is 0 Å². The lowest BCUT2D eigenvalue weighted by Crippen LogP contribution is -2.28. The molecule has 0 spiro atoms. The summed E-state index contributed by atoms with van der Waals surface area (Å²) in [5.74, 6) is 5.58. The number of nitrogens with zero attached hydrogens (tertiary/aromatic N) is 2. The largest absolute Gasteiger partial charge is 0.350 e. The molecule has 1 aromatic heterocycles. The molecule has 0 aliphatic heterocycles. The van der Waals surface area contributed by atoms with Gasteiger partial charge in [0.1, 0.15) is 0 Å². The predicted molar refractivity (Wildman–Crippen MR) is 81.7 cm³/mol. The van der Waals surface area contributed by atoms with Gasteiger partial charge in [-0.1, -0.05) is 23.5 Å². The van der Waals surface area contributed by atoms with Gasteiger partial charge in [0.05, 0.1) is 18.7 Å². The standard InChI is InChI=1S/C16H18N4O/c1-13-5-6-14(4-2-7-17)15(12-13)16(21)18-9-11-20-10-3-8-19-20/h3,5-6,8,10,12H,7,9,11,17H2,1H3,(H,18,21). The topological polar surface area (TPSA) is 72.9 Å². The molecule has 0 saturated carbocycles. The Hall–Kier alpha value is -2.58. The summed E-state index contributed by atoms with van der Waals surface area (Å²) in [5.41, 5.74) is 7.68. The van der Waals surface area contributed by atoms with E-state index >= 15 is 0 Å². The molecule has 0 atom stereocenters. The lowest BCUT2D eigenvalue weighted by Gasteiger charge is -2.08. The Morgan fingerprint density at radius 2 is 2.33 bits per heavy atom. The van der Waals surface area contributed by atoms with Crippen molar-refractivity contribution < 1.29 is 4.79 Å². The molecule has 1 heterocycles. The van der Waals surface area contributed by atoms with Crippen LogP contribution in [0.1, 0.15) is 21.5 Å². The number of aryl methyl sites for hydroxylation is 1. The van der Waals surface area contributed by atoms with Crippen LogP contribution >= 0.6 is 0 Å². The van der Waals surface area contributed by atoms with E-state index in [1.54, 1.807) is 10.9 Å². The second kappa shape index (κ2) is 7.27. The van der Waals surface area contributed by atoms with E-state index in [1.165, 1.54) is 0 Å². The lowest BCUT2D eigenvalue weighted by atomic mass is 10.0. The van der Waals surface area contributed by atoms with E-state index in [2.05, 4.69) is 22.3 Å². The maximum atomic E-state index is 12.3. The third kappa shape index (κ3) is 4.20. The molecule has 0 unspecified atom stereocenters. The minimum atomic E-state index is -0.132. The van der Waals surface area contributed by atoms with E-state index in [0.29, 0.717) is 24.2 Å². The third-order valence-corrected chi connectivity index (χ3v) is 2.93. The van der Waals surface area contributed by atoms with Crippen molar-refractivity contribution in [2.75, 3.05) is 13.1 Å². The molecule has 0 aliphatic carbocycles. The molecule has 3 N–H and O–H groups in total. The minimum Gasteiger partial charge on any atom is -0.350 e. The molecule has 1 aromatic carbocycles. The van der Waals surface area contributed by atoms with E-state index in [-0.39, 0.29) is 12.5 Å². The summed E-state index contributed by atoms with van der Waals surface area (Å²) in [6.07, 6.45) is 3.57. The van der Waals surface area contributed by atoms with Gasteiger partial charge in [-0.2, -0.15) is 5.10 Å². The van der Waals surface area contributed by atoms with E-state index in [1.807, 2.05) is 37.4 Å². The van der Waals surface area contributed by atoms with Crippen LogP contribution in [0.2, 0.25) is 0 Å². The van der Waals surface area contributed by atoms with Crippen LogP contribution in [-0.2, 0) is 6.54 Å². The highest BCUT2D eigenvalue weighted by molar-refractivity contribution is 5.96. The number of amides is 1. The molecular weight excluding hydrogens is 264 g/mol. The Labute approximate surface area is 124 Å². The van der Waals surface area contributed by atoms with Gasteiger partial charge >= 0.3 is 0 Å². The number of hydrogen-bond acceptors (Lipinski definition) is 3. The van der Waals surface area contributed by atoms with Gasteiger partial charge in [0, 0.05) is 24.5 Å². The van der Waals surface area contributed by atoms with Crippen LogP contribution in [0.3, 0.4) is 0 Å². The molecule has 5 heteroatoms. The van der Waals surface area contributed by atoms with Gasteiger partial charge in [0.15, 0.2) is 0 Å². The molecule has 0 saturated heterocycles. The molecule has 0 radical (unpaired) electrons. The fourth-order valence-electron chi connectivity index (χ4n) is 1.91. The van der Waals surface area contributed by atoms with Gasteiger partial charge in [-0.15, -0.1) is 0 Å². The monoisotopic (exact) mass is 282 g/mol. The Kier molecular flexibility index (Phi) is 5.13. The Morgan fingerprint density at radius 3 is 3.05 bits per heavy atom. The number of carbonyl (C=O) groups excluding carboxylic acids is 1. The van der Waals surface area contributed by atoms with Gasteiger partial charge < -0.3 is 11.1 Å². The fraction of sp³-hybridized carbons (Fsp3) is 0.250. The van der Waals surface area contributed by atoms with Crippen LogP contribution in [0.15, 0.2) is 36.7 Å². The van der Waals surface area contributed by atoms with Gasteiger partial charge in [0.25, 0.3) is 5.91 Å². The normalized spacial score (nSPS) is 9.81. The molecule has 2 aromatic rings. The first-order chi connectivity index (χ1) is 10.2. The quantitative estimate of drug-likeness (QED) is 0.819. The zero-order chi connectivity index (χ0) is 15.1. The van der Waals surface area contributed by atoms with Crippen molar-refractivity contribution in [1.82, 2.24) is 15.1 Å². The number of rotatable bonds is 4. The maximum Gasteiger partial charge on any atom is 0.252 e. The molecule has 5 nitrogen and oxygen atoms in total. The van der Waals surface area contributed by atoms with E-state index in [9.17, 15) is 4.79 Å². The number of benzene rings is 1. The van der Waals surface area contributed by atoms with Crippen LogP contribution in [-0.4, -0.2) is 28.8 Å². The van der Waals surface area contributed by atoms with Gasteiger partial charge in [0.2, 0.25) is 0 Å². The van der Waals surface area contributed by atoms with Gasteiger partial charge in [-0.05, 0) is 25.1 Å². The first kappa shape index (κ1) is 14.8. The molecule has 0 fully saturated rings. The fourth-order valence-corrected chi connectivity index (χ4v) is 1.91. The van der Waals surface area contributed by atoms with Gasteiger partial charge in [-0.3, -0.25) is 9.48 Å². The Bertz CT molecular complexity index is 665. The molecule has 1 amide bonds. The number of nitrogens with two attached hydrogens (primary N) is 1. The van der Waals surface area contributed by atoms with Crippen molar-refractivity contribution in [2.45, 2.75) is 13.5 Å². The summed E-state index contributed by atoms with van der Waals surface area (Å²) in [6.45, 7) is 3.36. The molecule has 0 aliphatic rings. The van der Waals surface area contributed by atoms with Crippen molar-refractivity contribution in [2.24, 2.45) is 5.73 Å². The molecule has 21 heavy (non-hydrogen) atoms. The van der Waals surface area contributed by atoms with Crippen LogP contribution in [0.4, 0.5) is 0 Å². The van der Waals surface area contributed by atoms with Crippen molar-refractivity contribution in [3.05, 3.63) is 53.3 Å². The lowest BCUT2D eigenvalue weighted by molar-refractivity contribution is 0.0951. The second-order valence-corrected chi connectivity index (χ2v) is 4.58. The molecular formula is C16H18N4O. The van der Waals surface area contributed by atoms with Crippen molar-refractivity contribution >= 4 is 5.91 Å². The van der Waals surface area contributed by atoms with E-state index in [4.69, 9.17) is 5.73 Å². The highest BCUT2D eigenvalue weighted by Gasteiger charge is 2.10. The highest BCUT2D eigenvalue weighted by Crippen LogP contribution is 2.10. The van der Waals surface area contributed by atoms with Crippen molar-refractivity contribution in [3.8, 4) is 11.8 Å². The predicted octanol–water partition coefficient (Wildman–Crippen LogP) is 0.932. The van der Waals surface area contributed by atoms with Crippen molar-refractivity contribution in [3.63, 3.8) is 0 Å². The first-order valence-electron chi connectivity index (χ1n) is 6.76. The molecule has 108 valence electrons. The van der Waals surface area contributed by atoms with E-state index in [0.717, 1.165) is 5.56 Å².